The zero-order valence-electron chi connectivity index (χ0n) is 32.0. The minimum Gasteiger partial charge on any atom is -0.310 e. The summed E-state index contributed by atoms with van der Waals surface area (Å²) in [6, 6.07) is 66.0. The van der Waals surface area contributed by atoms with Crippen molar-refractivity contribution >= 4 is 49.4 Å². The van der Waals surface area contributed by atoms with Gasteiger partial charge in [0.05, 0.1) is 0 Å². The first-order valence-electron chi connectivity index (χ1n) is 20.2. The highest BCUT2D eigenvalue weighted by Gasteiger charge is 2.37. The SMILES string of the molecule is CC1(C)c2ccc(N(c3ccc(-c4cccc5c4CCCC5)cc3)c3cccc(-c4cc5ccccc5c5ccccc45)c3)cc2-c2ccc3ccccc3c21. The molecule has 0 amide bonds. The quantitative estimate of drug-likeness (QED) is 0.160. The Morgan fingerprint density at radius 3 is 1.96 bits per heavy atom. The summed E-state index contributed by atoms with van der Waals surface area (Å²) in [5, 5.41) is 7.75. The Hall–Kier alpha value is -6.44. The third-order valence-corrected chi connectivity index (χ3v) is 12.8. The van der Waals surface area contributed by atoms with Crippen molar-refractivity contribution in [3.05, 3.63) is 198 Å². The van der Waals surface area contributed by atoms with Crippen LogP contribution in [0.15, 0.2) is 176 Å². The van der Waals surface area contributed by atoms with Gasteiger partial charge in [0.2, 0.25) is 0 Å². The van der Waals surface area contributed by atoms with Crippen LogP contribution >= 0.6 is 0 Å². The van der Waals surface area contributed by atoms with E-state index in [1.807, 2.05) is 0 Å². The first kappa shape index (κ1) is 32.9. The molecule has 0 saturated carbocycles. The largest absolute Gasteiger partial charge is 0.310 e. The van der Waals surface area contributed by atoms with Gasteiger partial charge < -0.3 is 4.90 Å². The van der Waals surface area contributed by atoms with Crippen LogP contribution in [0.2, 0.25) is 0 Å². The summed E-state index contributed by atoms with van der Waals surface area (Å²) in [4.78, 5) is 2.46. The number of nitrogens with zero attached hydrogens (tertiary/aromatic N) is 1. The zero-order valence-corrected chi connectivity index (χ0v) is 32.0. The Morgan fingerprint density at radius 2 is 1.11 bits per heavy atom. The standard InChI is InChI=1S/C55H43N/c1-55(2)53-32-30-43(35-52(53)50-31-27-37-14-4-8-21-47(37)54(50)55)56(41-28-25-38(26-29-41)45-24-12-16-36-13-3-6-19-44(36)45)42-18-11-17-39(33-42)51-34-40-15-5-7-20-46(40)48-22-9-10-23-49(48)51/h4-5,7-12,14-18,20-35H,3,6,13,19H2,1-2H3. The van der Waals surface area contributed by atoms with Crippen molar-refractivity contribution in [1.82, 2.24) is 0 Å². The van der Waals surface area contributed by atoms with Gasteiger partial charge >= 0.3 is 0 Å². The van der Waals surface area contributed by atoms with Crippen LogP contribution in [-0.4, -0.2) is 0 Å². The second-order valence-corrected chi connectivity index (χ2v) is 16.3. The predicted octanol–water partition coefficient (Wildman–Crippen LogP) is 15.1. The number of benzene rings is 9. The maximum atomic E-state index is 2.46. The van der Waals surface area contributed by atoms with Gasteiger partial charge in [-0.3, -0.25) is 0 Å². The molecule has 268 valence electrons. The summed E-state index contributed by atoms with van der Waals surface area (Å²) in [6.45, 7) is 4.78. The van der Waals surface area contributed by atoms with Gasteiger partial charge in [-0.25, -0.2) is 0 Å². The first-order chi connectivity index (χ1) is 27.5. The van der Waals surface area contributed by atoms with Crippen molar-refractivity contribution < 1.29 is 0 Å². The van der Waals surface area contributed by atoms with E-state index in [1.165, 1.54) is 107 Å². The van der Waals surface area contributed by atoms with Crippen LogP contribution < -0.4 is 4.90 Å². The molecule has 11 rings (SSSR count). The summed E-state index contributed by atoms with van der Waals surface area (Å²) in [5.41, 5.74) is 17.0. The number of fused-ring (bicyclic) bond motifs is 9. The van der Waals surface area contributed by atoms with Crippen LogP contribution in [0.3, 0.4) is 0 Å². The lowest BCUT2D eigenvalue weighted by Gasteiger charge is -2.28. The fourth-order valence-corrected chi connectivity index (χ4v) is 10.1. The maximum absolute atomic E-state index is 2.46. The van der Waals surface area contributed by atoms with E-state index < -0.39 is 0 Å². The molecule has 0 fully saturated rings. The molecule has 9 aromatic carbocycles. The average molecular weight is 718 g/mol. The fourth-order valence-electron chi connectivity index (χ4n) is 10.1. The molecule has 0 N–H and O–H groups in total. The van der Waals surface area contributed by atoms with E-state index in [-0.39, 0.29) is 5.41 Å². The van der Waals surface area contributed by atoms with Gasteiger partial charge in [-0.1, -0.05) is 147 Å². The van der Waals surface area contributed by atoms with Crippen LogP contribution in [-0.2, 0) is 18.3 Å². The highest BCUT2D eigenvalue weighted by Crippen LogP contribution is 2.53. The van der Waals surface area contributed by atoms with Gasteiger partial charge in [0, 0.05) is 22.5 Å². The molecule has 2 aliphatic rings. The lowest BCUT2D eigenvalue weighted by atomic mass is 9.80. The van der Waals surface area contributed by atoms with Crippen LogP contribution in [0.25, 0.3) is 65.7 Å². The van der Waals surface area contributed by atoms with Gasteiger partial charge in [-0.05, 0) is 156 Å². The van der Waals surface area contributed by atoms with Crippen LogP contribution in [0, 0.1) is 0 Å². The topological polar surface area (TPSA) is 3.24 Å². The zero-order chi connectivity index (χ0) is 37.4. The van der Waals surface area contributed by atoms with Crippen LogP contribution in [0.5, 0.6) is 0 Å². The summed E-state index contributed by atoms with van der Waals surface area (Å²) < 4.78 is 0. The Morgan fingerprint density at radius 1 is 0.411 bits per heavy atom. The van der Waals surface area contributed by atoms with Gasteiger partial charge in [0.25, 0.3) is 0 Å². The van der Waals surface area contributed by atoms with E-state index in [0.29, 0.717) is 0 Å². The molecular formula is C55H43N. The molecule has 0 atom stereocenters. The van der Waals surface area contributed by atoms with E-state index in [1.54, 1.807) is 0 Å². The van der Waals surface area contributed by atoms with E-state index in [2.05, 4.69) is 195 Å². The normalized spacial score (nSPS) is 14.1. The summed E-state index contributed by atoms with van der Waals surface area (Å²) in [5.74, 6) is 0. The Labute approximate surface area is 329 Å². The molecule has 0 radical (unpaired) electrons. The average Bonchev–Trinajstić information content (AvgIpc) is 3.49. The molecule has 0 aromatic heterocycles. The highest BCUT2D eigenvalue weighted by molar-refractivity contribution is 6.14. The summed E-state index contributed by atoms with van der Waals surface area (Å²) in [6.07, 6.45) is 4.91. The monoisotopic (exact) mass is 717 g/mol. The Kier molecular flexibility index (Phi) is 7.54. The van der Waals surface area contributed by atoms with Gasteiger partial charge in [0.1, 0.15) is 0 Å². The van der Waals surface area contributed by atoms with Crippen molar-refractivity contribution in [2.24, 2.45) is 0 Å². The molecule has 0 bridgehead atoms. The number of rotatable bonds is 5. The summed E-state index contributed by atoms with van der Waals surface area (Å²) in [7, 11) is 0. The summed E-state index contributed by atoms with van der Waals surface area (Å²) >= 11 is 0. The number of hydrogen-bond acceptors (Lipinski definition) is 1. The van der Waals surface area contributed by atoms with Crippen molar-refractivity contribution in [3.8, 4) is 33.4 Å². The first-order valence-corrected chi connectivity index (χ1v) is 20.2. The number of aryl methyl sites for hydroxylation is 1. The van der Waals surface area contributed by atoms with Crippen molar-refractivity contribution in [1.29, 1.82) is 0 Å². The van der Waals surface area contributed by atoms with E-state index in [9.17, 15) is 0 Å². The molecule has 0 unspecified atom stereocenters. The van der Waals surface area contributed by atoms with Gasteiger partial charge in [0.15, 0.2) is 0 Å². The van der Waals surface area contributed by atoms with Crippen molar-refractivity contribution in [3.63, 3.8) is 0 Å². The Balaban J connectivity index is 1.09. The molecule has 2 aliphatic carbocycles. The molecule has 1 nitrogen and oxygen atoms in total. The smallest absolute Gasteiger partial charge is 0.0468 e. The molecule has 0 aliphatic heterocycles. The molecule has 0 heterocycles. The minimum absolute atomic E-state index is 0.109. The third-order valence-electron chi connectivity index (χ3n) is 12.8. The van der Waals surface area contributed by atoms with Gasteiger partial charge in [-0.2, -0.15) is 0 Å². The molecule has 56 heavy (non-hydrogen) atoms. The van der Waals surface area contributed by atoms with Crippen LogP contribution in [0.4, 0.5) is 17.1 Å². The lowest BCUT2D eigenvalue weighted by Crippen LogP contribution is -2.16. The van der Waals surface area contributed by atoms with Gasteiger partial charge in [-0.15, -0.1) is 0 Å². The fraction of sp³-hybridized carbons (Fsp3) is 0.127. The third kappa shape index (κ3) is 5.15. The number of anilines is 3. The van der Waals surface area contributed by atoms with E-state index in [4.69, 9.17) is 0 Å². The Bertz CT molecular complexity index is 3000. The second-order valence-electron chi connectivity index (χ2n) is 16.3. The lowest BCUT2D eigenvalue weighted by molar-refractivity contribution is 0.666. The van der Waals surface area contributed by atoms with E-state index >= 15 is 0 Å². The molecular weight excluding hydrogens is 675 g/mol. The van der Waals surface area contributed by atoms with Crippen LogP contribution in [0.1, 0.15) is 48.9 Å². The molecule has 0 spiro atoms. The maximum Gasteiger partial charge on any atom is 0.0468 e. The minimum atomic E-state index is -0.109. The van der Waals surface area contributed by atoms with Crippen molar-refractivity contribution in [2.75, 3.05) is 4.90 Å². The molecule has 9 aromatic rings. The second kappa shape index (κ2) is 12.8. The van der Waals surface area contributed by atoms with Crippen molar-refractivity contribution in [2.45, 2.75) is 44.9 Å². The highest BCUT2D eigenvalue weighted by atomic mass is 15.1. The molecule has 1 heteroatoms. The molecule has 0 saturated heterocycles. The predicted molar refractivity (Wildman–Crippen MR) is 239 cm³/mol. The number of hydrogen-bond donors (Lipinski definition) is 0. The van der Waals surface area contributed by atoms with E-state index in [0.717, 1.165) is 23.5 Å².